The van der Waals surface area contributed by atoms with Crippen molar-refractivity contribution in [1.29, 1.82) is 0 Å². The van der Waals surface area contributed by atoms with E-state index >= 15 is 0 Å². The highest BCUT2D eigenvalue weighted by Gasteiger charge is 2.16. The molecule has 0 radical (unpaired) electrons. The van der Waals surface area contributed by atoms with E-state index in [1.165, 1.54) is 5.56 Å². The number of aromatic nitrogens is 2. The lowest BCUT2D eigenvalue weighted by atomic mass is 10.1. The molecule has 0 unspecified atom stereocenters. The molecule has 0 fully saturated rings. The Labute approximate surface area is 135 Å². The standard InChI is InChI=1S/C19H21N3O/c1-14(20-13-12-15-8-4-3-5-9-15)18-21-17-11-7-6-10-16(17)19(23)22(18)2/h3-11,14,20H,12-13H2,1-2H3/p+1/t14-/m0/s1. The Morgan fingerprint density at radius 1 is 1.09 bits per heavy atom. The van der Waals surface area contributed by atoms with Gasteiger partial charge in [-0.1, -0.05) is 42.5 Å². The molecule has 0 saturated heterocycles. The van der Waals surface area contributed by atoms with Crippen LogP contribution < -0.4 is 10.9 Å². The van der Waals surface area contributed by atoms with Gasteiger partial charge in [0, 0.05) is 13.5 Å². The van der Waals surface area contributed by atoms with E-state index in [9.17, 15) is 4.79 Å². The summed E-state index contributed by atoms with van der Waals surface area (Å²) in [6, 6.07) is 18.1. The smallest absolute Gasteiger partial charge is 0.261 e. The van der Waals surface area contributed by atoms with Crippen LogP contribution in [0.4, 0.5) is 0 Å². The van der Waals surface area contributed by atoms with E-state index in [2.05, 4.69) is 36.5 Å². The molecule has 4 heteroatoms. The first-order chi connectivity index (χ1) is 11.2. The third-order valence-electron chi connectivity index (χ3n) is 4.22. The van der Waals surface area contributed by atoms with Crippen molar-refractivity contribution in [2.45, 2.75) is 19.4 Å². The second kappa shape index (κ2) is 6.75. The van der Waals surface area contributed by atoms with Crippen molar-refractivity contribution in [2.24, 2.45) is 7.05 Å². The minimum atomic E-state index is 0.0221. The number of para-hydroxylation sites is 1. The third kappa shape index (κ3) is 3.32. The largest absolute Gasteiger partial charge is 0.337 e. The molecule has 0 saturated carbocycles. The second-order valence-corrected chi connectivity index (χ2v) is 5.90. The van der Waals surface area contributed by atoms with Crippen molar-refractivity contribution in [1.82, 2.24) is 9.55 Å². The van der Waals surface area contributed by atoms with Crippen LogP contribution in [0.2, 0.25) is 0 Å². The summed E-state index contributed by atoms with van der Waals surface area (Å²) >= 11 is 0. The Morgan fingerprint density at radius 2 is 1.78 bits per heavy atom. The number of nitrogens with two attached hydrogens (primary N) is 1. The molecule has 0 bridgehead atoms. The van der Waals surface area contributed by atoms with Crippen molar-refractivity contribution in [3.8, 4) is 0 Å². The summed E-state index contributed by atoms with van der Waals surface area (Å²) in [4.78, 5) is 17.2. The Kier molecular flexibility index (Phi) is 4.53. The molecule has 2 aromatic carbocycles. The van der Waals surface area contributed by atoms with Gasteiger partial charge in [-0.05, 0) is 24.6 Å². The number of fused-ring (bicyclic) bond motifs is 1. The number of rotatable bonds is 5. The van der Waals surface area contributed by atoms with Gasteiger partial charge < -0.3 is 5.32 Å². The van der Waals surface area contributed by atoms with Crippen molar-refractivity contribution >= 4 is 10.9 Å². The maximum absolute atomic E-state index is 12.5. The predicted molar refractivity (Wildman–Crippen MR) is 92.3 cm³/mol. The summed E-state index contributed by atoms with van der Waals surface area (Å²) in [6.45, 7) is 3.06. The average Bonchev–Trinajstić information content (AvgIpc) is 2.59. The molecular formula is C19H22N3O+. The van der Waals surface area contributed by atoms with Crippen LogP contribution in [-0.4, -0.2) is 16.1 Å². The molecule has 1 heterocycles. The van der Waals surface area contributed by atoms with Gasteiger partial charge in [-0.2, -0.15) is 0 Å². The van der Waals surface area contributed by atoms with E-state index in [-0.39, 0.29) is 11.6 Å². The topological polar surface area (TPSA) is 51.5 Å². The van der Waals surface area contributed by atoms with Gasteiger partial charge in [0.2, 0.25) is 0 Å². The van der Waals surface area contributed by atoms with Gasteiger partial charge >= 0.3 is 0 Å². The Hall–Kier alpha value is -2.46. The summed E-state index contributed by atoms with van der Waals surface area (Å²) in [5, 5.41) is 2.92. The zero-order chi connectivity index (χ0) is 16.2. The summed E-state index contributed by atoms with van der Waals surface area (Å²) in [6.07, 6.45) is 1.01. The van der Waals surface area contributed by atoms with Crippen LogP contribution in [0.3, 0.4) is 0 Å². The first-order valence-corrected chi connectivity index (χ1v) is 7.99. The fourth-order valence-electron chi connectivity index (χ4n) is 2.89. The lowest BCUT2D eigenvalue weighted by Crippen LogP contribution is -2.85. The van der Waals surface area contributed by atoms with Gasteiger partial charge in [0.25, 0.3) is 5.56 Å². The number of nitrogens with zero attached hydrogens (tertiary/aromatic N) is 2. The molecule has 1 aromatic heterocycles. The quantitative estimate of drug-likeness (QED) is 0.781. The van der Waals surface area contributed by atoms with Crippen molar-refractivity contribution in [3.05, 3.63) is 76.3 Å². The molecule has 2 N–H and O–H groups in total. The first kappa shape index (κ1) is 15.4. The zero-order valence-electron chi connectivity index (χ0n) is 13.6. The number of quaternary nitrogens is 1. The van der Waals surface area contributed by atoms with Crippen LogP contribution in [-0.2, 0) is 13.5 Å². The lowest BCUT2D eigenvalue weighted by Gasteiger charge is -2.14. The van der Waals surface area contributed by atoms with Crippen LogP contribution in [0, 0.1) is 0 Å². The minimum absolute atomic E-state index is 0.0221. The molecule has 0 spiro atoms. The van der Waals surface area contributed by atoms with E-state index in [1.807, 2.05) is 30.3 Å². The highest BCUT2D eigenvalue weighted by molar-refractivity contribution is 5.77. The molecule has 0 aliphatic heterocycles. The van der Waals surface area contributed by atoms with Gasteiger partial charge in [0.05, 0.1) is 17.4 Å². The predicted octanol–water partition coefficient (Wildman–Crippen LogP) is 1.80. The Balaban J connectivity index is 1.77. The van der Waals surface area contributed by atoms with Gasteiger partial charge in [-0.3, -0.25) is 9.36 Å². The zero-order valence-corrected chi connectivity index (χ0v) is 13.6. The minimum Gasteiger partial charge on any atom is -0.337 e. The molecule has 1 atom stereocenters. The average molecular weight is 308 g/mol. The normalized spacial score (nSPS) is 12.4. The first-order valence-electron chi connectivity index (χ1n) is 7.99. The van der Waals surface area contributed by atoms with Crippen LogP contribution in [0.5, 0.6) is 0 Å². The summed E-state index contributed by atoms with van der Waals surface area (Å²) in [5.41, 5.74) is 2.12. The highest BCUT2D eigenvalue weighted by atomic mass is 16.1. The lowest BCUT2D eigenvalue weighted by molar-refractivity contribution is -0.693. The number of hydrogen-bond acceptors (Lipinski definition) is 2. The van der Waals surface area contributed by atoms with Crippen LogP contribution >= 0.6 is 0 Å². The Bertz CT molecular complexity index is 855. The summed E-state index contributed by atoms with van der Waals surface area (Å²) in [7, 11) is 1.80. The van der Waals surface area contributed by atoms with Crippen LogP contribution in [0.25, 0.3) is 10.9 Å². The highest BCUT2D eigenvalue weighted by Crippen LogP contribution is 2.10. The molecule has 0 aliphatic rings. The SMILES string of the molecule is C[C@H]([NH2+]CCc1ccccc1)c1nc2ccccc2c(=O)n1C. The van der Waals surface area contributed by atoms with Crippen molar-refractivity contribution in [2.75, 3.05) is 6.54 Å². The molecule has 0 aliphatic carbocycles. The maximum Gasteiger partial charge on any atom is 0.261 e. The monoisotopic (exact) mass is 308 g/mol. The van der Waals surface area contributed by atoms with Crippen molar-refractivity contribution in [3.63, 3.8) is 0 Å². The van der Waals surface area contributed by atoms with E-state index in [0.717, 1.165) is 24.3 Å². The fourth-order valence-corrected chi connectivity index (χ4v) is 2.89. The Morgan fingerprint density at radius 3 is 2.57 bits per heavy atom. The van der Waals surface area contributed by atoms with E-state index < -0.39 is 0 Å². The van der Waals surface area contributed by atoms with Gasteiger partial charge in [-0.15, -0.1) is 0 Å². The van der Waals surface area contributed by atoms with Gasteiger partial charge in [-0.25, -0.2) is 4.98 Å². The molecule has 3 rings (SSSR count). The molecule has 3 aromatic rings. The van der Waals surface area contributed by atoms with Crippen molar-refractivity contribution < 1.29 is 5.32 Å². The molecule has 118 valence electrons. The van der Waals surface area contributed by atoms with E-state index in [1.54, 1.807) is 11.6 Å². The second-order valence-electron chi connectivity index (χ2n) is 5.90. The molecule has 4 nitrogen and oxygen atoms in total. The molecular weight excluding hydrogens is 286 g/mol. The van der Waals surface area contributed by atoms with E-state index in [0.29, 0.717) is 5.39 Å². The summed E-state index contributed by atoms with van der Waals surface area (Å²) in [5.74, 6) is 0.821. The summed E-state index contributed by atoms with van der Waals surface area (Å²) < 4.78 is 1.67. The maximum atomic E-state index is 12.5. The van der Waals surface area contributed by atoms with Crippen LogP contribution in [0.15, 0.2) is 59.4 Å². The van der Waals surface area contributed by atoms with Gasteiger partial charge in [0.15, 0.2) is 5.82 Å². The van der Waals surface area contributed by atoms with Gasteiger partial charge in [0.1, 0.15) is 6.04 Å². The third-order valence-corrected chi connectivity index (χ3v) is 4.22. The van der Waals surface area contributed by atoms with Crippen LogP contribution in [0.1, 0.15) is 24.4 Å². The molecule has 0 amide bonds. The molecule has 23 heavy (non-hydrogen) atoms. The van der Waals surface area contributed by atoms with E-state index in [4.69, 9.17) is 4.98 Å². The fraction of sp³-hybridized carbons (Fsp3) is 0.263. The number of benzene rings is 2. The number of hydrogen-bond donors (Lipinski definition) is 1.